The molecule has 0 aromatic rings. The molecule has 2 N–H and O–H groups in total. The summed E-state index contributed by atoms with van der Waals surface area (Å²) in [6.07, 6.45) is 2.05. The molecule has 1 amide bonds. The second kappa shape index (κ2) is 5.49. The third kappa shape index (κ3) is 3.19. The van der Waals surface area contributed by atoms with Crippen LogP contribution in [-0.4, -0.2) is 48.6 Å². The monoisotopic (exact) mass is 242 g/mol. The van der Waals surface area contributed by atoms with Crippen LogP contribution in [0.2, 0.25) is 0 Å². The summed E-state index contributed by atoms with van der Waals surface area (Å²) in [5, 5.41) is 12.2. The summed E-state index contributed by atoms with van der Waals surface area (Å²) in [7, 11) is 1.89. The molecule has 0 aromatic heterocycles. The lowest BCUT2D eigenvalue weighted by Gasteiger charge is -2.36. The van der Waals surface area contributed by atoms with Crippen LogP contribution in [0.5, 0.6) is 0 Å². The number of amides is 1. The molecular formula is C12H22N2O3. The highest BCUT2D eigenvalue weighted by Gasteiger charge is 2.40. The van der Waals surface area contributed by atoms with Crippen molar-refractivity contribution >= 4 is 11.9 Å². The van der Waals surface area contributed by atoms with Gasteiger partial charge in [0.15, 0.2) is 0 Å². The number of nitrogens with zero attached hydrogens (tertiary/aromatic N) is 1. The number of carbonyl (C=O) groups excluding carboxylic acids is 1. The van der Waals surface area contributed by atoms with Crippen LogP contribution in [0.3, 0.4) is 0 Å². The van der Waals surface area contributed by atoms with Crippen LogP contribution in [0.4, 0.5) is 0 Å². The van der Waals surface area contributed by atoms with Crippen LogP contribution in [0.1, 0.15) is 26.7 Å². The molecule has 0 spiro atoms. The first-order valence-electron chi connectivity index (χ1n) is 6.07. The van der Waals surface area contributed by atoms with E-state index in [1.165, 1.54) is 13.8 Å². The van der Waals surface area contributed by atoms with E-state index >= 15 is 0 Å². The van der Waals surface area contributed by atoms with Gasteiger partial charge >= 0.3 is 5.97 Å². The topological polar surface area (TPSA) is 69.6 Å². The van der Waals surface area contributed by atoms with Crippen LogP contribution >= 0.6 is 0 Å². The van der Waals surface area contributed by atoms with Crippen LogP contribution in [0.25, 0.3) is 0 Å². The van der Waals surface area contributed by atoms with Gasteiger partial charge in [0.25, 0.3) is 0 Å². The minimum Gasteiger partial charge on any atom is -0.480 e. The first-order chi connectivity index (χ1) is 7.89. The fraction of sp³-hybridized carbons (Fsp3) is 0.833. The number of rotatable bonds is 4. The second-order valence-electron chi connectivity index (χ2n) is 5.25. The van der Waals surface area contributed by atoms with Gasteiger partial charge in [-0.15, -0.1) is 0 Å². The van der Waals surface area contributed by atoms with E-state index in [0.717, 1.165) is 19.4 Å². The molecule has 0 bridgehead atoms. The molecule has 0 radical (unpaired) electrons. The number of hydrogen-bond donors (Lipinski definition) is 2. The molecule has 98 valence electrons. The molecule has 0 saturated carbocycles. The highest BCUT2D eigenvalue weighted by atomic mass is 16.4. The predicted molar refractivity (Wildman–Crippen MR) is 64.6 cm³/mol. The third-order valence-corrected chi connectivity index (χ3v) is 3.37. The summed E-state index contributed by atoms with van der Waals surface area (Å²) in [6, 6.07) is 0. The molecule has 17 heavy (non-hydrogen) atoms. The Morgan fingerprint density at radius 1 is 1.47 bits per heavy atom. The van der Waals surface area contributed by atoms with E-state index in [1.807, 2.05) is 7.05 Å². The molecule has 1 fully saturated rings. The zero-order valence-corrected chi connectivity index (χ0v) is 10.8. The Hall–Kier alpha value is -1.10. The van der Waals surface area contributed by atoms with Crippen LogP contribution in [-0.2, 0) is 9.59 Å². The fourth-order valence-electron chi connectivity index (χ4n) is 2.19. The van der Waals surface area contributed by atoms with Crippen molar-refractivity contribution in [2.45, 2.75) is 26.7 Å². The maximum atomic E-state index is 12.1. The molecule has 1 atom stereocenters. The Kier molecular flexibility index (Phi) is 4.51. The molecule has 5 heteroatoms. The summed E-state index contributed by atoms with van der Waals surface area (Å²) >= 11 is 0. The Morgan fingerprint density at radius 3 is 2.65 bits per heavy atom. The molecule has 0 aromatic carbocycles. The Morgan fingerprint density at radius 2 is 2.12 bits per heavy atom. The quantitative estimate of drug-likeness (QED) is 0.707. The van der Waals surface area contributed by atoms with Crippen molar-refractivity contribution in [3.8, 4) is 0 Å². The molecule has 1 rings (SSSR count). The van der Waals surface area contributed by atoms with Gasteiger partial charge in [-0.3, -0.25) is 9.59 Å². The van der Waals surface area contributed by atoms with Crippen molar-refractivity contribution in [2.24, 2.45) is 11.3 Å². The zero-order chi connectivity index (χ0) is 13.1. The highest BCUT2D eigenvalue weighted by Crippen LogP contribution is 2.24. The van der Waals surface area contributed by atoms with Crippen molar-refractivity contribution in [3.05, 3.63) is 0 Å². The summed E-state index contributed by atoms with van der Waals surface area (Å²) < 4.78 is 0. The molecule has 1 unspecified atom stereocenters. The lowest BCUT2D eigenvalue weighted by molar-refractivity contribution is -0.159. The van der Waals surface area contributed by atoms with Gasteiger partial charge < -0.3 is 15.3 Å². The van der Waals surface area contributed by atoms with Crippen molar-refractivity contribution in [1.82, 2.24) is 10.2 Å². The lowest BCUT2D eigenvalue weighted by Crippen LogP contribution is -2.50. The smallest absolute Gasteiger partial charge is 0.318 e. The van der Waals surface area contributed by atoms with E-state index in [9.17, 15) is 9.59 Å². The summed E-state index contributed by atoms with van der Waals surface area (Å²) in [6.45, 7) is 5.15. The zero-order valence-electron chi connectivity index (χ0n) is 10.8. The van der Waals surface area contributed by atoms with Crippen molar-refractivity contribution in [3.63, 3.8) is 0 Å². The minimum absolute atomic E-state index is 0.272. The average Bonchev–Trinajstić information content (AvgIpc) is 2.28. The largest absolute Gasteiger partial charge is 0.480 e. The van der Waals surface area contributed by atoms with Crippen LogP contribution in [0.15, 0.2) is 0 Å². The molecule has 1 saturated heterocycles. The fourth-order valence-corrected chi connectivity index (χ4v) is 2.19. The third-order valence-electron chi connectivity index (χ3n) is 3.37. The number of nitrogens with one attached hydrogen (secondary N) is 1. The number of likely N-dealkylation sites (tertiary alicyclic amines) is 1. The van der Waals surface area contributed by atoms with Crippen LogP contribution in [0, 0.1) is 11.3 Å². The van der Waals surface area contributed by atoms with Gasteiger partial charge in [0, 0.05) is 13.1 Å². The van der Waals surface area contributed by atoms with Crippen molar-refractivity contribution < 1.29 is 14.7 Å². The first kappa shape index (κ1) is 14.0. The number of aliphatic carboxylic acids is 1. The van der Waals surface area contributed by atoms with Gasteiger partial charge in [0.05, 0.1) is 0 Å². The number of hydrogen-bond acceptors (Lipinski definition) is 3. The number of carbonyl (C=O) groups is 2. The number of piperidine rings is 1. The summed E-state index contributed by atoms with van der Waals surface area (Å²) in [5.41, 5.74) is -1.32. The van der Waals surface area contributed by atoms with Gasteiger partial charge in [-0.25, -0.2) is 0 Å². The summed E-state index contributed by atoms with van der Waals surface area (Å²) in [4.78, 5) is 24.9. The lowest BCUT2D eigenvalue weighted by atomic mass is 9.89. The van der Waals surface area contributed by atoms with Crippen molar-refractivity contribution in [1.29, 1.82) is 0 Å². The molecule has 5 nitrogen and oxygen atoms in total. The minimum atomic E-state index is -1.32. The molecule has 1 aliphatic heterocycles. The molecule has 0 aliphatic carbocycles. The Balaban J connectivity index is 2.66. The maximum absolute atomic E-state index is 12.1. The van der Waals surface area contributed by atoms with E-state index in [2.05, 4.69) is 5.32 Å². The van der Waals surface area contributed by atoms with E-state index < -0.39 is 11.4 Å². The maximum Gasteiger partial charge on any atom is 0.318 e. The van der Waals surface area contributed by atoms with Gasteiger partial charge in [-0.05, 0) is 46.2 Å². The number of carboxylic acid groups (broad SMARTS) is 1. The Labute approximate surface area is 102 Å². The van der Waals surface area contributed by atoms with Crippen molar-refractivity contribution in [2.75, 3.05) is 26.7 Å². The van der Waals surface area contributed by atoms with E-state index in [4.69, 9.17) is 5.11 Å². The SMILES string of the molecule is CNCC1CCCN(C(=O)C(C)(C)C(=O)O)C1. The van der Waals surface area contributed by atoms with Crippen LogP contribution < -0.4 is 5.32 Å². The van der Waals surface area contributed by atoms with E-state index in [-0.39, 0.29) is 5.91 Å². The van der Waals surface area contributed by atoms with Gasteiger partial charge in [0.2, 0.25) is 5.91 Å². The molecule has 1 heterocycles. The van der Waals surface area contributed by atoms with Gasteiger partial charge in [-0.1, -0.05) is 0 Å². The standard InChI is InChI=1S/C12H22N2O3/c1-12(2,11(16)17)10(15)14-6-4-5-9(8-14)7-13-3/h9,13H,4-8H2,1-3H3,(H,16,17). The normalized spacial score (nSPS) is 21.4. The summed E-state index contributed by atoms with van der Waals surface area (Å²) in [5.74, 6) is -0.897. The number of carboxylic acids is 1. The Bertz CT molecular complexity index is 300. The first-order valence-corrected chi connectivity index (χ1v) is 6.07. The second-order valence-corrected chi connectivity index (χ2v) is 5.25. The van der Waals surface area contributed by atoms with E-state index in [0.29, 0.717) is 19.0 Å². The van der Waals surface area contributed by atoms with Gasteiger partial charge in [-0.2, -0.15) is 0 Å². The highest BCUT2D eigenvalue weighted by molar-refractivity contribution is 6.01. The van der Waals surface area contributed by atoms with Gasteiger partial charge in [0.1, 0.15) is 5.41 Å². The molecular weight excluding hydrogens is 220 g/mol. The predicted octanol–water partition coefficient (Wildman–Crippen LogP) is 0.555. The molecule has 1 aliphatic rings. The average molecular weight is 242 g/mol. The van der Waals surface area contributed by atoms with E-state index in [1.54, 1.807) is 4.90 Å².